The van der Waals surface area contributed by atoms with Gasteiger partial charge in [-0.2, -0.15) is 18.2 Å². The first-order chi connectivity index (χ1) is 14.3. The summed E-state index contributed by atoms with van der Waals surface area (Å²) < 4.78 is 47.1. The second kappa shape index (κ2) is 8.32. The van der Waals surface area contributed by atoms with Crippen LogP contribution in [0.5, 0.6) is 0 Å². The van der Waals surface area contributed by atoms with E-state index in [1.165, 1.54) is 35.2 Å². The number of halogens is 3. The number of alkyl halides is 3. The summed E-state index contributed by atoms with van der Waals surface area (Å²) in [5, 5.41) is 8.10. The van der Waals surface area contributed by atoms with Gasteiger partial charge in [0.2, 0.25) is 11.7 Å². The van der Waals surface area contributed by atoms with E-state index in [-0.39, 0.29) is 16.6 Å². The third-order valence-corrected chi connectivity index (χ3v) is 6.45. The van der Waals surface area contributed by atoms with Crippen LogP contribution in [0.15, 0.2) is 63.5 Å². The third-order valence-electron chi connectivity index (χ3n) is 4.05. The summed E-state index contributed by atoms with van der Waals surface area (Å²) >= 11 is 8.14. The fourth-order valence-corrected chi connectivity index (χ4v) is 5.13. The number of aromatic nitrogens is 4. The fraction of sp³-hybridized carbons (Fsp3) is 0.158. The van der Waals surface area contributed by atoms with Crippen LogP contribution in [0.25, 0.3) is 17.1 Å². The van der Waals surface area contributed by atoms with Crippen LogP contribution in [0.4, 0.5) is 13.2 Å². The summed E-state index contributed by atoms with van der Waals surface area (Å²) in [5.41, 5.74) is 0.337. The second-order valence-electron chi connectivity index (χ2n) is 6.18. The number of para-hydroxylation sites is 1. The molecule has 30 heavy (non-hydrogen) atoms. The second-order valence-corrected chi connectivity index (χ2v) is 9.39. The third kappa shape index (κ3) is 4.47. The lowest BCUT2D eigenvalue weighted by Gasteiger charge is -2.06. The quantitative estimate of drug-likeness (QED) is 0.244. The zero-order valence-corrected chi connectivity index (χ0v) is 17.8. The predicted octanol–water partition coefficient (Wildman–Crippen LogP) is 6.59. The van der Waals surface area contributed by atoms with Gasteiger partial charge in [0.05, 0.1) is 16.5 Å². The smallest absolute Gasteiger partial charge is 0.338 e. The van der Waals surface area contributed by atoms with Crippen molar-refractivity contribution < 1.29 is 17.7 Å². The molecule has 0 aliphatic rings. The first-order valence-electron chi connectivity index (χ1n) is 8.65. The van der Waals surface area contributed by atoms with Crippen molar-refractivity contribution in [2.75, 3.05) is 0 Å². The van der Waals surface area contributed by atoms with Crippen LogP contribution < -0.4 is 0 Å². The first kappa shape index (κ1) is 20.8. The molecule has 1 atom stereocenters. The van der Waals surface area contributed by atoms with Gasteiger partial charge in [-0.3, -0.25) is 0 Å². The number of rotatable bonds is 5. The zero-order chi connectivity index (χ0) is 21.3. The summed E-state index contributed by atoms with van der Waals surface area (Å²) in [6.45, 7) is 1.85. The summed E-state index contributed by atoms with van der Waals surface area (Å²) in [4.78, 5) is 4.27. The van der Waals surface area contributed by atoms with Crippen LogP contribution in [0.3, 0.4) is 0 Å². The molecule has 4 rings (SSSR count). The topological polar surface area (TPSA) is 56.7 Å². The van der Waals surface area contributed by atoms with Crippen molar-refractivity contribution in [2.45, 2.75) is 22.7 Å². The molecule has 0 spiro atoms. The predicted molar refractivity (Wildman–Crippen MR) is 111 cm³/mol. The van der Waals surface area contributed by atoms with Crippen molar-refractivity contribution >= 4 is 35.3 Å². The maximum atomic E-state index is 12.9. The summed E-state index contributed by atoms with van der Waals surface area (Å²) in [5.74, 6) is 0.394. The van der Waals surface area contributed by atoms with Gasteiger partial charge in [0.1, 0.15) is 0 Å². The van der Waals surface area contributed by atoms with E-state index in [2.05, 4.69) is 15.2 Å². The molecule has 0 aliphatic heterocycles. The van der Waals surface area contributed by atoms with Crippen LogP contribution in [-0.4, -0.2) is 19.9 Å². The normalized spacial score (nSPS) is 12.8. The average molecular weight is 467 g/mol. The van der Waals surface area contributed by atoms with Gasteiger partial charge in [-0.05, 0) is 43.4 Å². The lowest BCUT2D eigenvalue weighted by atomic mass is 10.1. The highest BCUT2D eigenvalue weighted by atomic mass is 32.2. The van der Waals surface area contributed by atoms with Crippen LogP contribution in [0, 0.1) is 3.95 Å². The van der Waals surface area contributed by atoms with Gasteiger partial charge in [0, 0.05) is 5.56 Å². The molecule has 0 amide bonds. The molecular formula is C19H13F3N4OS3. The van der Waals surface area contributed by atoms with E-state index >= 15 is 0 Å². The van der Waals surface area contributed by atoms with Gasteiger partial charge in [0.25, 0.3) is 0 Å². The lowest BCUT2D eigenvalue weighted by molar-refractivity contribution is -0.137. The molecule has 0 radical (unpaired) electrons. The molecule has 5 nitrogen and oxygen atoms in total. The molecule has 2 heterocycles. The monoisotopic (exact) mass is 466 g/mol. The molecule has 0 N–H and O–H groups in total. The Labute approximate surface area is 182 Å². The van der Waals surface area contributed by atoms with Gasteiger partial charge >= 0.3 is 6.18 Å². The van der Waals surface area contributed by atoms with Gasteiger partial charge < -0.3 is 4.52 Å². The number of thioether (sulfide) groups is 1. The Morgan fingerprint density at radius 1 is 1.13 bits per heavy atom. The highest BCUT2D eigenvalue weighted by Crippen LogP contribution is 2.37. The van der Waals surface area contributed by atoms with Crippen LogP contribution in [-0.2, 0) is 6.18 Å². The van der Waals surface area contributed by atoms with E-state index in [0.717, 1.165) is 22.2 Å². The molecule has 2 aromatic carbocycles. The fourth-order valence-electron chi connectivity index (χ4n) is 2.59. The van der Waals surface area contributed by atoms with Crippen molar-refractivity contribution in [3.05, 3.63) is 70.0 Å². The summed E-state index contributed by atoms with van der Waals surface area (Å²) in [7, 11) is 0. The van der Waals surface area contributed by atoms with E-state index in [4.69, 9.17) is 16.7 Å². The van der Waals surface area contributed by atoms with Crippen molar-refractivity contribution in [2.24, 2.45) is 0 Å². The Morgan fingerprint density at radius 2 is 1.90 bits per heavy atom. The van der Waals surface area contributed by atoms with Crippen molar-refractivity contribution in [3.63, 3.8) is 0 Å². The molecule has 2 aromatic heterocycles. The summed E-state index contributed by atoms with van der Waals surface area (Å²) in [6.07, 6.45) is -4.44. The Hall–Kier alpha value is -2.50. The number of hydrogen-bond acceptors (Lipinski definition) is 7. The molecule has 11 heteroatoms. The molecular weight excluding hydrogens is 453 g/mol. The van der Waals surface area contributed by atoms with E-state index in [1.54, 1.807) is 4.68 Å². The van der Waals surface area contributed by atoms with E-state index in [0.29, 0.717) is 9.85 Å². The van der Waals surface area contributed by atoms with E-state index < -0.39 is 11.7 Å². The number of nitrogens with zero attached hydrogens (tertiary/aromatic N) is 4. The van der Waals surface area contributed by atoms with Gasteiger partial charge in [-0.25, -0.2) is 4.68 Å². The van der Waals surface area contributed by atoms with Gasteiger partial charge in [-0.15, -0.1) is 5.10 Å². The Bertz CT molecular complexity index is 1220. The molecule has 0 saturated heterocycles. The lowest BCUT2D eigenvalue weighted by Crippen LogP contribution is -2.04. The molecule has 0 bridgehead atoms. The maximum Gasteiger partial charge on any atom is 0.416 e. The van der Waals surface area contributed by atoms with Crippen LogP contribution in [0.2, 0.25) is 0 Å². The van der Waals surface area contributed by atoms with Crippen molar-refractivity contribution in [1.29, 1.82) is 0 Å². The maximum absolute atomic E-state index is 12.9. The minimum absolute atomic E-state index is 0.103. The SMILES string of the molecule is CC(Sc1nn(-c2ccccc2)c(=S)s1)c1nc(-c2cccc(C(F)(F)F)c2)no1. The molecule has 0 fully saturated rings. The molecule has 0 aliphatic carbocycles. The molecule has 0 saturated carbocycles. The zero-order valence-electron chi connectivity index (χ0n) is 15.3. The number of benzene rings is 2. The van der Waals surface area contributed by atoms with Crippen molar-refractivity contribution in [3.8, 4) is 17.1 Å². The standard InChI is InChI=1S/C19H13F3N4OS3/c1-11(29-17-24-26(18(28)30-17)14-8-3-2-4-9-14)16-23-15(25-27-16)12-6-5-7-13(10-12)19(20,21)22/h2-11H,1H3. The van der Waals surface area contributed by atoms with E-state index in [9.17, 15) is 13.2 Å². The van der Waals surface area contributed by atoms with E-state index in [1.807, 2.05) is 37.3 Å². The Balaban J connectivity index is 1.53. The van der Waals surface area contributed by atoms with Gasteiger partial charge in [0.15, 0.2) is 8.29 Å². The average Bonchev–Trinajstić information content (AvgIpc) is 3.35. The van der Waals surface area contributed by atoms with Crippen LogP contribution in [0.1, 0.15) is 23.6 Å². The minimum Gasteiger partial charge on any atom is -0.338 e. The first-order valence-corrected chi connectivity index (χ1v) is 10.7. The molecule has 1 unspecified atom stereocenters. The largest absolute Gasteiger partial charge is 0.416 e. The van der Waals surface area contributed by atoms with Gasteiger partial charge in [-0.1, -0.05) is 58.6 Å². The van der Waals surface area contributed by atoms with Crippen LogP contribution >= 0.6 is 35.3 Å². The minimum atomic E-state index is -4.44. The Kier molecular flexibility index (Phi) is 5.76. The highest BCUT2D eigenvalue weighted by molar-refractivity contribution is 8.01. The Morgan fingerprint density at radius 3 is 2.63 bits per heavy atom. The molecule has 154 valence electrons. The highest BCUT2D eigenvalue weighted by Gasteiger charge is 2.31. The molecule has 4 aromatic rings. The van der Waals surface area contributed by atoms with Crippen molar-refractivity contribution in [1.82, 2.24) is 19.9 Å². The number of hydrogen-bond donors (Lipinski definition) is 0. The summed E-state index contributed by atoms with van der Waals surface area (Å²) in [6, 6.07) is 14.4.